The molecule has 2 fully saturated rings. The van der Waals surface area contributed by atoms with Crippen molar-refractivity contribution in [2.45, 2.75) is 19.8 Å². The van der Waals surface area contributed by atoms with Gasteiger partial charge in [-0.15, -0.1) is 0 Å². The predicted octanol–water partition coefficient (Wildman–Crippen LogP) is -0.173. The van der Waals surface area contributed by atoms with Crippen molar-refractivity contribution in [2.24, 2.45) is 28.7 Å². The van der Waals surface area contributed by atoms with Crippen molar-refractivity contribution < 1.29 is 14.4 Å². The molecule has 0 aromatic carbocycles. The van der Waals surface area contributed by atoms with Crippen molar-refractivity contribution in [3.05, 3.63) is 12.2 Å². The third-order valence-corrected chi connectivity index (χ3v) is 5.60. The van der Waals surface area contributed by atoms with Gasteiger partial charge in [0.25, 0.3) is 0 Å². The molecule has 0 spiro atoms. The molecular weight excluding hydrogens is 346 g/mol. The van der Waals surface area contributed by atoms with Gasteiger partial charge >= 0.3 is 0 Å². The highest BCUT2D eigenvalue weighted by atomic mass is 16.2. The Hall–Kier alpha value is -2.38. The molecule has 1 heterocycles. The number of rotatable bonds is 7. The lowest BCUT2D eigenvalue weighted by Crippen LogP contribution is -2.44. The lowest BCUT2D eigenvalue weighted by atomic mass is 9.85. The summed E-state index contributed by atoms with van der Waals surface area (Å²) >= 11 is 0. The number of likely N-dealkylation sites (N-methyl/N-ethyl adjacent to an activating group) is 1. The van der Waals surface area contributed by atoms with Crippen molar-refractivity contribution in [1.29, 1.82) is 0 Å². The molecule has 0 radical (unpaired) electrons. The maximum absolute atomic E-state index is 12.7. The molecule has 2 bridgehead atoms. The number of allylic oxidation sites excluding steroid dienone is 2. The van der Waals surface area contributed by atoms with E-state index in [1.165, 1.54) is 9.80 Å². The molecule has 0 aromatic heterocycles. The molecule has 4 atom stereocenters. The molecule has 3 amide bonds. The van der Waals surface area contributed by atoms with Crippen molar-refractivity contribution in [3.63, 3.8) is 0 Å². The van der Waals surface area contributed by atoms with Gasteiger partial charge in [-0.25, -0.2) is 4.99 Å². The SMILES string of the molecule is CCCNC(=NCC(=O)N(C)C)NCCN1C(=O)C2C3C=CC(C3)C2C1=O. The van der Waals surface area contributed by atoms with Crippen LogP contribution in [0.4, 0.5) is 0 Å². The molecule has 0 aromatic rings. The molecule has 2 aliphatic carbocycles. The number of hydrogen-bond donors (Lipinski definition) is 2. The first kappa shape index (κ1) is 19.4. The Bertz CT molecular complexity index is 642. The van der Waals surface area contributed by atoms with Crippen LogP contribution >= 0.6 is 0 Å². The zero-order valence-electron chi connectivity index (χ0n) is 16.3. The second-order valence-electron chi connectivity index (χ2n) is 7.63. The Labute approximate surface area is 160 Å². The largest absolute Gasteiger partial charge is 0.356 e. The molecule has 3 rings (SSSR count). The second kappa shape index (κ2) is 8.10. The first-order chi connectivity index (χ1) is 12.9. The third-order valence-electron chi connectivity index (χ3n) is 5.60. The second-order valence-corrected chi connectivity index (χ2v) is 7.63. The number of likely N-dealkylation sites (tertiary alicyclic amines) is 1. The van der Waals surface area contributed by atoms with Crippen LogP contribution in [-0.2, 0) is 14.4 Å². The Morgan fingerprint density at radius 3 is 2.30 bits per heavy atom. The highest BCUT2D eigenvalue weighted by Crippen LogP contribution is 2.52. The monoisotopic (exact) mass is 375 g/mol. The van der Waals surface area contributed by atoms with E-state index in [4.69, 9.17) is 0 Å². The molecule has 1 saturated carbocycles. The van der Waals surface area contributed by atoms with Gasteiger partial charge < -0.3 is 15.5 Å². The first-order valence-electron chi connectivity index (χ1n) is 9.70. The normalized spacial score (nSPS) is 28.7. The number of amides is 3. The zero-order chi connectivity index (χ0) is 19.6. The van der Waals surface area contributed by atoms with Crippen LogP contribution in [0, 0.1) is 23.7 Å². The molecule has 2 N–H and O–H groups in total. The summed E-state index contributed by atoms with van der Waals surface area (Å²) in [4.78, 5) is 44.2. The minimum atomic E-state index is -0.156. The molecular formula is C19H29N5O3. The zero-order valence-corrected chi connectivity index (χ0v) is 16.3. The number of nitrogens with zero attached hydrogens (tertiary/aromatic N) is 3. The number of carbonyl (C=O) groups is 3. The van der Waals surface area contributed by atoms with Crippen molar-refractivity contribution in [3.8, 4) is 0 Å². The van der Waals surface area contributed by atoms with E-state index in [1.807, 2.05) is 6.92 Å². The van der Waals surface area contributed by atoms with Crippen LogP contribution in [0.5, 0.6) is 0 Å². The molecule has 8 nitrogen and oxygen atoms in total. The van der Waals surface area contributed by atoms with Gasteiger partial charge in [0.15, 0.2) is 5.96 Å². The summed E-state index contributed by atoms with van der Waals surface area (Å²) in [6.07, 6.45) is 6.06. The van der Waals surface area contributed by atoms with Crippen LogP contribution in [0.25, 0.3) is 0 Å². The number of hydrogen-bond acceptors (Lipinski definition) is 4. The minimum absolute atomic E-state index is 0.0357. The van der Waals surface area contributed by atoms with E-state index in [0.29, 0.717) is 19.0 Å². The molecule has 27 heavy (non-hydrogen) atoms. The average Bonchev–Trinajstić information content (AvgIpc) is 3.32. The summed E-state index contributed by atoms with van der Waals surface area (Å²) in [5.74, 6) is 0.511. The van der Waals surface area contributed by atoms with Crippen LogP contribution in [0.3, 0.4) is 0 Å². The van der Waals surface area contributed by atoms with Gasteiger partial charge in [0.2, 0.25) is 17.7 Å². The van der Waals surface area contributed by atoms with Gasteiger partial charge in [-0.2, -0.15) is 0 Å². The molecule has 3 aliphatic rings. The van der Waals surface area contributed by atoms with Gasteiger partial charge in [0.1, 0.15) is 6.54 Å². The minimum Gasteiger partial charge on any atom is -0.356 e. The first-order valence-corrected chi connectivity index (χ1v) is 9.70. The van der Waals surface area contributed by atoms with Crippen LogP contribution in [-0.4, -0.2) is 73.8 Å². The Morgan fingerprint density at radius 1 is 1.15 bits per heavy atom. The van der Waals surface area contributed by atoms with Crippen molar-refractivity contribution >= 4 is 23.7 Å². The van der Waals surface area contributed by atoms with Crippen LogP contribution in [0.2, 0.25) is 0 Å². The fourth-order valence-electron chi connectivity index (χ4n) is 4.18. The van der Waals surface area contributed by atoms with E-state index < -0.39 is 0 Å². The number of fused-ring (bicyclic) bond motifs is 5. The number of aliphatic imine (C=N–C) groups is 1. The maximum Gasteiger partial charge on any atom is 0.243 e. The van der Waals surface area contributed by atoms with Gasteiger partial charge in [-0.3, -0.25) is 19.3 Å². The summed E-state index contributed by atoms with van der Waals surface area (Å²) in [5, 5.41) is 6.27. The van der Waals surface area contributed by atoms with E-state index in [-0.39, 0.29) is 47.9 Å². The van der Waals surface area contributed by atoms with Crippen molar-refractivity contribution in [2.75, 3.05) is 40.3 Å². The predicted molar refractivity (Wildman–Crippen MR) is 102 cm³/mol. The van der Waals surface area contributed by atoms with E-state index in [9.17, 15) is 14.4 Å². The maximum atomic E-state index is 12.7. The molecule has 8 heteroatoms. The topological polar surface area (TPSA) is 94.1 Å². The van der Waals surface area contributed by atoms with Crippen LogP contribution < -0.4 is 10.6 Å². The van der Waals surface area contributed by atoms with Crippen LogP contribution in [0.1, 0.15) is 19.8 Å². The smallest absolute Gasteiger partial charge is 0.243 e. The number of imide groups is 1. The van der Waals surface area contributed by atoms with E-state index >= 15 is 0 Å². The van der Waals surface area contributed by atoms with Gasteiger partial charge in [-0.1, -0.05) is 19.1 Å². The molecule has 1 aliphatic heterocycles. The lowest BCUT2D eigenvalue weighted by Gasteiger charge is -2.19. The van der Waals surface area contributed by atoms with Crippen molar-refractivity contribution in [1.82, 2.24) is 20.4 Å². The average molecular weight is 375 g/mol. The molecule has 148 valence electrons. The lowest BCUT2D eigenvalue weighted by molar-refractivity contribution is -0.140. The number of nitrogens with one attached hydrogen (secondary N) is 2. The number of guanidine groups is 1. The quantitative estimate of drug-likeness (QED) is 0.279. The van der Waals surface area contributed by atoms with E-state index in [0.717, 1.165) is 19.4 Å². The fraction of sp³-hybridized carbons (Fsp3) is 0.684. The van der Waals surface area contributed by atoms with E-state index in [1.54, 1.807) is 14.1 Å². The fourth-order valence-corrected chi connectivity index (χ4v) is 4.18. The van der Waals surface area contributed by atoms with Gasteiger partial charge in [0.05, 0.1) is 11.8 Å². The van der Waals surface area contributed by atoms with Gasteiger partial charge in [0, 0.05) is 33.7 Å². The standard InChI is InChI=1S/C19H29N5O3/c1-4-7-20-19(22-11-14(25)23(2)3)21-8-9-24-17(26)15-12-5-6-13(10-12)16(15)18(24)27/h5-6,12-13,15-16H,4,7-11H2,1-3H3,(H2,20,21,22). The number of carbonyl (C=O) groups excluding carboxylic acids is 3. The summed E-state index contributed by atoms with van der Waals surface area (Å²) in [6, 6.07) is 0. The molecule has 1 saturated heterocycles. The molecule has 4 unspecified atom stereocenters. The van der Waals surface area contributed by atoms with E-state index in [2.05, 4.69) is 27.8 Å². The van der Waals surface area contributed by atoms with Gasteiger partial charge in [-0.05, 0) is 24.7 Å². The Kier molecular flexibility index (Phi) is 5.82. The highest BCUT2D eigenvalue weighted by molar-refractivity contribution is 6.06. The summed E-state index contributed by atoms with van der Waals surface area (Å²) < 4.78 is 0. The Morgan fingerprint density at radius 2 is 1.74 bits per heavy atom. The highest BCUT2D eigenvalue weighted by Gasteiger charge is 2.58. The third kappa shape index (κ3) is 3.84. The summed E-state index contributed by atoms with van der Waals surface area (Å²) in [7, 11) is 3.38. The van der Waals surface area contributed by atoms with Crippen LogP contribution in [0.15, 0.2) is 17.1 Å². The Balaban J connectivity index is 1.54. The summed E-state index contributed by atoms with van der Waals surface area (Å²) in [6.45, 7) is 3.54. The summed E-state index contributed by atoms with van der Waals surface area (Å²) in [5.41, 5.74) is 0.